The number of benzene rings is 1. The van der Waals surface area contributed by atoms with Gasteiger partial charge in [-0.15, -0.1) is 11.8 Å². The van der Waals surface area contributed by atoms with Crippen LogP contribution in [0.4, 0.5) is 0 Å². The van der Waals surface area contributed by atoms with Crippen molar-refractivity contribution >= 4 is 46.2 Å². The molecule has 1 amide bonds. The fourth-order valence-electron chi connectivity index (χ4n) is 1.91. The van der Waals surface area contributed by atoms with Crippen molar-refractivity contribution < 1.29 is 14.3 Å². The van der Waals surface area contributed by atoms with Crippen molar-refractivity contribution in [3.05, 3.63) is 33.4 Å². The second-order valence-corrected chi connectivity index (χ2v) is 6.70. The zero-order valence-corrected chi connectivity index (χ0v) is 13.4. The maximum absolute atomic E-state index is 12.4. The normalized spacial score (nSPS) is 19.1. The van der Waals surface area contributed by atoms with Crippen molar-refractivity contribution in [3.63, 3.8) is 0 Å². The quantitative estimate of drug-likeness (QED) is 0.572. The van der Waals surface area contributed by atoms with Crippen molar-refractivity contribution in [2.45, 2.75) is 5.25 Å². The van der Waals surface area contributed by atoms with E-state index in [-0.39, 0.29) is 17.1 Å². The molecule has 2 rings (SSSR count). The van der Waals surface area contributed by atoms with Crippen LogP contribution in [0.5, 0.6) is 0 Å². The molecule has 0 N–H and O–H groups in total. The van der Waals surface area contributed by atoms with Gasteiger partial charge in [0.05, 0.1) is 7.11 Å². The third kappa shape index (κ3) is 3.62. The minimum absolute atomic E-state index is 0.0206. The second kappa shape index (κ2) is 6.60. The van der Waals surface area contributed by atoms with Crippen molar-refractivity contribution in [1.82, 2.24) is 4.90 Å². The smallest absolute Gasteiger partial charge is 0.320 e. The fourth-order valence-corrected chi connectivity index (χ4v) is 3.58. The minimum Gasteiger partial charge on any atom is -0.468 e. The van der Waals surface area contributed by atoms with Crippen LogP contribution >= 0.6 is 34.4 Å². The summed E-state index contributed by atoms with van der Waals surface area (Å²) in [7, 11) is 1.38. The SMILES string of the molecule is COC(=O)[C@H]1CN(C(=O)c2cccc(I)c2)CCS1. The molecule has 102 valence electrons. The number of amides is 1. The van der Waals surface area contributed by atoms with Crippen LogP contribution in [0.1, 0.15) is 10.4 Å². The van der Waals surface area contributed by atoms with Gasteiger partial charge >= 0.3 is 5.97 Å². The summed E-state index contributed by atoms with van der Waals surface area (Å²) in [5.41, 5.74) is 0.669. The standard InChI is InChI=1S/C13H14INO3S/c1-18-13(17)11-8-15(5-6-19-11)12(16)9-3-2-4-10(14)7-9/h2-4,7,11H,5-6,8H2,1H3/t11-/m1/s1. The number of methoxy groups -OCH3 is 1. The number of rotatable bonds is 2. The van der Waals surface area contributed by atoms with E-state index in [4.69, 9.17) is 4.74 Å². The topological polar surface area (TPSA) is 46.6 Å². The van der Waals surface area contributed by atoms with Gasteiger partial charge in [-0.1, -0.05) is 6.07 Å². The molecule has 1 fully saturated rings. The molecule has 0 radical (unpaired) electrons. The first-order valence-electron chi connectivity index (χ1n) is 5.86. The molecule has 19 heavy (non-hydrogen) atoms. The first-order valence-corrected chi connectivity index (χ1v) is 7.99. The Labute approximate surface area is 130 Å². The first-order chi connectivity index (χ1) is 9.11. The molecule has 6 heteroatoms. The van der Waals surface area contributed by atoms with Gasteiger partial charge in [0.25, 0.3) is 5.91 Å². The van der Waals surface area contributed by atoms with E-state index in [9.17, 15) is 9.59 Å². The van der Waals surface area contributed by atoms with Gasteiger partial charge in [-0.05, 0) is 40.8 Å². The lowest BCUT2D eigenvalue weighted by molar-refractivity contribution is -0.140. The Hall–Kier alpha value is -0.760. The van der Waals surface area contributed by atoms with Crippen molar-refractivity contribution in [2.75, 3.05) is 26.0 Å². The van der Waals surface area contributed by atoms with E-state index in [0.29, 0.717) is 18.7 Å². The van der Waals surface area contributed by atoms with E-state index in [1.807, 2.05) is 18.2 Å². The van der Waals surface area contributed by atoms with E-state index in [1.54, 1.807) is 22.7 Å². The predicted molar refractivity (Wildman–Crippen MR) is 83.3 cm³/mol. The molecule has 1 atom stereocenters. The number of hydrogen-bond donors (Lipinski definition) is 0. The van der Waals surface area contributed by atoms with E-state index in [1.165, 1.54) is 7.11 Å². The summed E-state index contributed by atoms with van der Waals surface area (Å²) in [4.78, 5) is 25.6. The minimum atomic E-state index is -0.273. The molecule has 0 bridgehead atoms. The molecule has 1 aliphatic heterocycles. The third-order valence-corrected chi connectivity index (χ3v) is 4.72. The van der Waals surface area contributed by atoms with Crippen LogP contribution in [-0.2, 0) is 9.53 Å². The third-order valence-electron chi connectivity index (χ3n) is 2.89. The van der Waals surface area contributed by atoms with Gasteiger partial charge in [0.1, 0.15) is 5.25 Å². The van der Waals surface area contributed by atoms with Gasteiger partial charge in [0.15, 0.2) is 0 Å². The summed E-state index contributed by atoms with van der Waals surface area (Å²) in [6.07, 6.45) is 0. The molecule has 1 aliphatic rings. The number of esters is 1. The van der Waals surface area contributed by atoms with E-state index < -0.39 is 0 Å². The highest BCUT2D eigenvalue weighted by Crippen LogP contribution is 2.21. The monoisotopic (exact) mass is 391 g/mol. The van der Waals surface area contributed by atoms with Crippen LogP contribution < -0.4 is 0 Å². The molecular weight excluding hydrogens is 377 g/mol. The predicted octanol–water partition coefficient (Wildman–Crippen LogP) is 2.02. The zero-order valence-electron chi connectivity index (χ0n) is 10.5. The van der Waals surface area contributed by atoms with Gasteiger partial charge in [0.2, 0.25) is 0 Å². The molecule has 1 saturated heterocycles. The average molecular weight is 391 g/mol. The lowest BCUT2D eigenvalue weighted by Crippen LogP contribution is -2.44. The van der Waals surface area contributed by atoms with E-state index >= 15 is 0 Å². The summed E-state index contributed by atoms with van der Waals surface area (Å²) >= 11 is 3.73. The number of thioether (sulfide) groups is 1. The lowest BCUT2D eigenvalue weighted by Gasteiger charge is -2.31. The van der Waals surface area contributed by atoms with Gasteiger partial charge in [-0.25, -0.2) is 0 Å². The van der Waals surface area contributed by atoms with Gasteiger partial charge < -0.3 is 9.64 Å². The lowest BCUT2D eigenvalue weighted by atomic mass is 10.2. The summed E-state index contributed by atoms with van der Waals surface area (Å²) in [5, 5.41) is -0.273. The van der Waals surface area contributed by atoms with Crippen molar-refractivity contribution in [1.29, 1.82) is 0 Å². The zero-order chi connectivity index (χ0) is 13.8. The molecular formula is C13H14INO3S. The van der Waals surface area contributed by atoms with Crippen molar-refractivity contribution in [3.8, 4) is 0 Å². The van der Waals surface area contributed by atoms with E-state index in [0.717, 1.165) is 9.32 Å². The summed E-state index contributed by atoms with van der Waals surface area (Å²) in [5.74, 6) is 0.480. The number of ether oxygens (including phenoxy) is 1. The number of nitrogens with zero attached hydrogens (tertiary/aromatic N) is 1. The molecule has 1 aromatic rings. The summed E-state index contributed by atoms with van der Waals surface area (Å²) < 4.78 is 5.77. The highest BCUT2D eigenvalue weighted by Gasteiger charge is 2.30. The average Bonchev–Trinajstić information content (AvgIpc) is 2.45. The highest BCUT2D eigenvalue weighted by molar-refractivity contribution is 14.1. The molecule has 0 saturated carbocycles. The molecule has 1 aromatic carbocycles. The van der Waals surface area contributed by atoms with Gasteiger partial charge in [-0.2, -0.15) is 0 Å². The molecule has 0 unspecified atom stereocenters. The maximum Gasteiger partial charge on any atom is 0.320 e. The van der Waals surface area contributed by atoms with Crippen LogP contribution in [0.15, 0.2) is 24.3 Å². The molecule has 4 nitrogen and oxygen atoms in total. The van der Waals surface area contributed by atoms with Crippen LogP contribution in [-0.4, -0.2) is 48.0 Å². The van der Waals surface area contributed by atoms with E-state index in [2.05, 4.69) is 22.6 Å². The fraction of sp³-hybridized carbons (Fsp3) is 0.385. The second-order valence-electron chi connectivity index (χ2n) is 4.14. The number of hydrogen-bond acceptors (Lipinski definition) is 4. The highest BCUT2D eigenvalue weighted by atomic mass is 127. The van der Waals surface area contributed by atoms with Crippen LogP contribution in [0.25, 0.3) is 0 Å². The summed E-state index contributed by atoms with van der Waals surface area (Å²) in [6, 6.07) is 7.48. The Bertz CT molecular complexity index is 495. The Kier molecular flexibility index (Phi) is 5.09. The van der Waals surface area contributed by atoms with Crippen molar-refractivity contribution in [2.24, 2.45) is 0 Å². The number of carbonyl (C=O) groups excluding carboxylic acids is 2. The molecule has 0 spiro atoms. The molecule has 0 aromatic heterocycles. The maximum atomic E-state index is 12.4. The Morgan fingerprint density at radius 1 is 1.47 bits per heavy atom. The van der Waals surface area contributed by atoms with Gasteiger partial charge in [-0.3, -0.25) is 9.59 Å². The van der Waals surface area contributed by atoms with Gasteiger partial charge in [0, 0.05) is 28.0 Å². The number of carbonyl (C=O) groups is 2. The summed E-state index contributed by atoms with van der Waals surface area (Å²) in [6.45, 7) is 1.09. The van der Waals surface area contributed by atoms with Crippen LogP contribution in [0, 0.1) is 3.57 Å². The molecule has 0 aliphatic carbocycles. The Morgan fingerprint density at radius 2 is 2.26 bits per heavy atom. The largest absolute Gasteiger partial charge is 0.468 e. The Morgan fingerprint density at radius 3 is 2.95 bits per heavy atom. The van der Waals surface area contributed by atoms with Crippen LogP contribution in [0.3, 0.4) is 0 Å². The Balaban J connectivity index is 2.09. The first kappa shape index (κ1) is 14.6. The number of halogens is 1. The van der Waals surface area contributed by atoms with Crippen LogP contribution in [0.2, 0.25) is 0 Å². The molecule has 1 heterocycles.